The number of aliphatic hydroxyl groups is 1. The molecule has 7 heteroatoms. The Bertz CT molecular complexity index is 606. The molecular weight excluding hydrogens is 262 g/mol. The maximum Gasteiger partial charge on any atom is 0.330 e. The molecule has 3 atom stereocenters. The number of likely N-dealkylation sites (N-methyl/N-ethyl adjacent to an activating group) is 1. The lowest BCUT2D eigenvalue weighted by Crippen LogP contribution is -2.49. The van der Waals surface area contributed by atoms with Gasteiger partial charge in [0, 0.05) is 11.8 Å². The molecule has 0 unspecified atom stereocenters. The fraction of sp³-hybridized carbons (Fsp3) is 0.692. The molecule has 1 saturated heterocycles. The minimum absolute atomic E-state index is 0.100. The summed E-state index contributed by atoms with van der Waals surface area (Å²) in [6.45, 7) is 3.51. The standard InChI is InChI=1S/C13H21N3O4/c1-8-6-16(12(19)14-10(8)18)11-13(2,15(3)4)5-9(7-17)20-11/h6,9,11,17H,5,7H2,1-4H3,(H,14,18,19)/t9-,11+,13+/m1/s1. The van der Waals surface area contributed by atoms with Crippen LogP contribution in [0.5, 0.6) is 0 Å². The number of rotatable bonds is 3. The highest BCUT2D eigenvalue weighted by Crippen LogP contribution is 2.40. The Kier molecular flexibility index (Phi) is 3.86. The number of aromatic nitrogens is 2. The lowest BCUT2D eigenvalue weighted by atomic mass is 9.94. The first-order valence-electron chi connectivity index (χ1n) is 6.55. The van der Waals surface area contributed by atoms with Crippen LogP contribution in [0, 0.1) is 6.92 Å². The largest absolute Gasteiger partial charge is 0.394 e. The van der Waals surface area contributed by atoms with Crippen molar-refractivity contribution in [3.8, 4) is 0 Å². The van der Waals surface area contributed by atoms with Gasteiger partial charge in [0.2, 0.25) is 0 Å². The van der Waals surface area contributed by atoms with Crippen molar-refractivity contribution in [1.29, 1.82) is 0 Å². The second-order valence-corrected chi connectivity index (χ2v) is 5.73. The molecular formula is C13H21N3O4. The Hall–Kier alpha value is -1.44. The van der Waals surface area contributed by atoms with E-state index in [4.69, 9.17) is 4.74 Å². The molecule has 0 amide bonds. The Balaban J connectivity index is 2.52. The van der Waals surface area contributed by atoms with Crippen LogP contribution in [0.4, 0.5) is 0 Å². The molecule has 0 spiro atoms. The molecule has 1 aliphatic rings. The number of H-pyrrole nitrogens is 1. The third-order valence-corrected chi connectivity index (χ3v) is 4.12. The molecule has 1 aromatic heterocycles. The Labute approximate surface area is 116 Å². The maximum atomic E-state index is 12.0. The summed E-state index contributed by atoms with van der Waals surface area (Å²) in [5, 5.41) is 9.32. The highest BCUT2D eigenvalue weighted by Gasteiger charge is 2.48. The molecule has 20 heavy (non-hydrogen) atoms. The van der Waals surface area contributed by atoms with Crippen LogP contribution >= 0.6 is 0 Å². The molecule has 0 bridgehead atoms. The van der Waals surface area contributed by atoms with Gasteiger partial charge < -0.3 is 9.84 Å². The van der Waals surface area contributed by atoms with E-state index in [1.807, 2.05) is 25.9 Å². The van der Waals surface area contributed by atoms with Crippen LogP contribution in [0.1, 0.15) is 25.1 Å². The summed E-state index contributed by atoms with van der Waals surface area (Å²) >= 11 is 0. The van der Waals surface area contributed by atoms with E-state index in [0.717, 1.165) is 0 Å². The Morgan fingerprint density at radius 1 is 1.55 bits per heavy atom. The van der Waals surface area contributed by atoms with Crippen molar-refractivity contribution in [3.05, 3.63) is 32.6 Å². The molecule has 112 valence electrons. The van der Waals surface area contributed by atoms with Gasteiger partial charge in [-0.1, -0.05) is 0 Å². The van der Waals surface area contributed by atoms with E-state index in [0.29, 0.717) is 12.0 Å². The van der Waals surface area contributed by atoms with Crippen LogP contribution in [0.25, 0.3) is 0 Å². The van der Waals surface area contributed by atoms with Crippen LogP contribution < -0.4 is 11.2 Å². The van der Waals surface area contributed by atoms with Gasteiger partial charge in [0.1, 0.15) is 0 Å². The third kappa shape index (κ3) is 2.32. The summed E-state index contributed by atoms with van der Waals surface area (Å²) in [6.07, 6.45) is 1.23. The number of nitrogens with one attached hydrogen (secondary N) is 1. The van der Waals surface area contributed by atoms with Gasteiger partial charge in [-0.15, -0.1) is 0 Å². The Morgan fingerprint density at radius 2 is 2.20 bits per heavy atom. The molecule has 1 fully saturated rings. The quantitative estimate of drug-likeness (QED) is 0.777. The molecule has 2 heterocycles. The van der Waals surface area contributed by atoms with E-state index in [2.05, 4.69) is 4.98 Å². The maximum absolute atomic E-state index is 12.0. The highest BCUT2D eigenvalue weighted by molar-refractivity contribution is 5.05. The average Bonchev–Trinajstić information content (AvgIpc) is 2.72. The van der Waals surface area contributed by atoms with Crippen molar-refractivity contribution in [1.82, 2.24) is 14.5 Å². The number of hydrogen-bond donors (Lipinski definition) is 2. The summed E-state index contributed by atoms with van der Waals surface area (Å²) in [5.41, 5.74) is -0.893. The van der Waals surface area contributed by atoms with Gasteiger partial charge in [0.05, 0.1) is 18.2 Å². The fourth-order valence-electron chi connectivity index (χ4n) is 2.58. The van der Waals surface area contributed by atoms with Crippen molar-refractivity contribution in [2.24, 2.45) is 0 Å². The minimum atomic E-state index is -0.558. The molecule has 1 aliphatic heterocycles. The van der Waals surface area contributed by atoms with E-state index in [-0.39, 0.29) is 12.7 Å². The Morgan fingerprint density at radius 3 is 2.75 bits per heavy atom. The third-order valence-electron chi connectivity index (χ3n) is 4.12. The highest BCUT2D eigenvalue weighted by atomic mass is 16.5. The SMILES string of the molecule is Cc1cn([C@H]2O[C@@H](CO)C[C@]2(C)N(C)C)c(=O)[nH]c1=O. The molecule has 0 aromatic carbocycles. The number of hydrogen-bond acceptors (Lipinski definition) is 5. The van der Waals surface area contributed by atoms with Crippen LogP contribution in [-0.4, -0.2) is 51.9 Å². The number of aryl methyl sites for hydroxylation is 1. The van der Waals surface area contributed by atoms with Gasteiger partial charge in [0.15, 0.2) is 6.23 Å². The molecule has 2 rings (SSSR count). The summed E-state index contributed by atoms with van der Waals surface area (Å²) in [6, 6.07) is 0. The number of aliphatic hydroxyl groups excluding tert-OH is 1. The zero-order valence-corrected chi connectivity index (χ0v) is 12.2. The summed E-state index contributed by atoms with van der Waals surface area (Å²) < 4.78 is 7.19. The van der Waals surface area contributed by atoms with Crippen LogP contribution in [0.2, 0.25) is 0 Å². The fourth-order valence-corrected chi connectivity index (χ4v) is 2.58. The van der Waals surface area contributed by atoms with Crippen LogP contribution in [-0.2, 0) is 4.74 Å². The lowest BCUT2D eigenvalue weighted by molar-refractivity contribution is -0.0599. The van der Waals surface area contributed by atoms with Gasteiger partial charge in [-0.2, -0.15) is 0 Å². The van der Waals surface area contributed by atoms with Crippen molar-refractivity contribution in [2.75, 3.05) is 20.7 Å². The molecule has 2 N–H and O–H groups in total. The topological polar surface area (TPSA) is 87.6 Å². The summed E-state index contributed by atoms with van der Waals surface area (Å²) in [7, 11) is 3.80. The smallest absolute Gasteiger partial charge is 0.330 e. The zero-order valence-electron chi connectivity index (χ0n) is 12.2. The monoisotopic (exact) mass is 283 g/mol. The van der Waals surface area contributed by atoms with Crippen LogP contribution in [0.15, 0.2) is 15.8 Å². The number of nitrogens with zero attached hydrogens (tertiary/aromatic N) is 2. The van der Waals surface area contributed by atoms with E-state index in [1.165, 1.54) is 10.8 Å². The first kappa shape index (κ1) is 15.0. The van der Waals surface area contributed by atoms with Gasteiger partial charge in [-0.3, -0.25) is 19.2 Å². The van der Waals surface area contributed by atoms with E-state index in [1.54, 1.807) is 6.92 Å². The summed E-state index contributed by atoms with van der Waals surface area (Å²) in [5.74, 6) is 0. The number of ether oxygens (including phenoxy) is 1. The van der Waals surface area contributed by atoms with Gasteiger partial charge in [-0.25, -0.2) is 4.79 Å². The second-order valence-electron chi connectivity index (χ2n) is 5.73. The van der Waals surface area contributed by atoms with E-state index < -0.39 is 23.0 Å². The number of aromatic amines is 1. The van der Waals surface area contributed by atoms with E-state index >= 15 is 0 Å². The van der Waals surface area contributed by atoms with Gasteiger partial charge in [-0.05, 0) is 34.4 Å². The predicted molar refractivity (Wildman–Crippen MR) is 73.8 cm³/mol. The lowest BCUT2D eigenvalue weighted by Gasteiger charge is -2.37. The second kappa shape index (κ2) is 5.16. The zero-order chi connectivity index (χ0) is 15.1. The van der Waals surface area contributed by atoms with Gasteiger partial charge >= 0.3 is 5.69 Å². The van der Waals surface area contributed by atoms with Gasteiger partial charge in [0.25, 0.3) is 5.56 Å². The summed E-state index contributed by atoms with van der Waals surface area (Å²) in [4.78, 5) is 27.8. The first-order valence-corrected chi connectivity index (χ1v) is 6.55. The first-order chi connectivity index (χ1) is 9.29. The van der Waals surface area contributed by atoms with Crippen molar-refractivity contribution >= 4 is 0 Å². The molecule has 1 aromatic rings. The average molecular weight is 283 g/mol. The van der Waals surface area contributed by atoms with Crippen molar-refractivity contribution in [2.45, 2.75) is 38.1 Å². The molecule has 0 radical (unpaired) electrons. The molecule has 0 aliphatic carbocycles. The van der Waals surface area contributed by atoms with Crippen molar-refractivity contribution < 1.29 is 9.84 Å². The van der Waals surface area contributed by atoms with E-state index in [9.17, 15) is 14.7 Å². The predicted octanol–water partition coefficient (Wildman–Crippen LogP) is -0.555. The van der Waals surface area contributed by atoms with Crippen LogP contribution in [0.3, 0.4) is 0 Å². The molecule has 7 nitrogen and oxygen atoms in total. The molecule has 0 saturated carbocycles. The normalized spacial score (nSPS) is 30.1. The van der Waals surface area contributed by atoms with Crippen molar-refractivity contribution in [3.63, 3.8) is 0 Å². The minimum Gasteiger partial charge on any atom is -0.394 e.